The van der Waals surface area contributed by atoms with Crippen molar-refractivity contribution >= 4 is 11.8 Å². The molecule has 0 radical (unpaired) electrons. The van der Waals surface area contributed by atoms with Gasteiger partial charge in [0.1, 0.15) is 11.9 Å². The molecule has 0 amide bonds. The first-order valence-corrected chi connectivity index (χ1v) is 11.8. The summed E-state index contributed by atoms with van der Waals surface area (Å²) < 4.78 is 6.17. The summed E-state index contributed by atoms with van der Waals surface area (Å²) in [5.41, 5.74) is 2.47. The van der Waals surface area contributed by atoms with Crippen LogP contribution in [0.3, 0.4) is 0 Å². The van der Waals surface area contributed by atoms with Crippen LogP contribution >= 0.6 is 0 Å². The molecule has 3 saturated carbocycles. The number of hydrogen-bond donors (Lipinski definition) is 0. The predicted octanol–water partition coefficient (Wildman–Crippen LogP) is 5.16. The van der Waals surface area contributed by atoms with Gasteiger partial charge in [-0.3, -0.25) is 4.79 Å². The van der Waals surface area contributed by atoms with E-state index >= 15 is 0 Å². The second-order valence-electron chi connectivity index (χ2n) is 10.9. The summed E-state index contributed by atoms with van der Waals surface area (Å²) in [5, 5.41) is 0. The van der Waals surface area contributed by atoms with E-state index < -0.39 is 0 Å². The lowest BCUT2D eigenvalue weighted by Crippen LogP contribution is -2.51. The van der Waals surface area contributed by atoms with E-state index in [-0.39, 0.29) is 22.9 Å². The first-order valence-electron chi connectivity index (χ1n) is 11.8. The molecule has 0 N–H and O–H groups in total. The van der Waals surface area contributed by atoms with Crippen molar-refractivity contribution in [3.63, 3.8) is 0 Å². The first kappa shape index (κ1) is 20.1. The number of ketones is 1. The average Bonchev–Trinajstić information content (AvgIpc) is 3.05. The topological polar surface area (TPSA) is 46.6 Å². The maximum atomic E-state index is 12.9. The Labute approximate surface area is 180 Å². The molecular weight excluding hydrogens is 374 g/mol. The summed E-state index contributed by atoms with van der Waals surface area (Å²) in [7, 11) is 1.95. The van der Waals surface area contributed by atoms with Crippen molar-refractivity contribution in [2.75, 3.05) is 7.05 Å². The van der Waals surface area contributed by atoms with Crippen LogP contribution < -0.4 is 0 Å². The average molecular weight is 410 g/mol. The van der Waals surface area contributed by atoms with E-state index in [0.29, 0.717) is 36.4 Å². The Morgan fingerprint density at radius 1 is 1.17 bits per heavy atom. The smallest absolute Gasteiger partial charge is 0.336 e. The number of nitrogens with zero attached hydrogens (tertiary/aromatic N) is 1. The van der Waals surface area contributed by atoms with Crippen LogP contribution in [-0.2, 0) is 14.3 Å². The van der Waals surface area contributed by atoms with Gasteiger partial charge in [-0.15, -0.1) is 0 Å². The second-order valence-corrected chi connectivity index (χ2v) is 10.9. The van der Waals surface area contributed by atoms with E-state index in [1.54, 1.807) is 0 Å². The van der Waals surface area contributed by atoms with Gasteiger partial charge < -0.3 is 9.64 Å². The van der Waals surface area contributed by atoms with Crippen molar-refractivity contribution in [3.05, 3.63) is 35.7 Å². The number of Topliss-reactive ketones (excluding diaryl/α,β-unsaturated/α-hetero) is 1. The molecular formula is C26H35NO3. The third-order valence-electron chi connectivity index (χ3n) is 9.40. The van der Waals surface area contributed by atoms with Crippen molar-refractivity contribution in [1.29, 1.82) is 0 Å². The van der Waals surface area contributed by atoms with E-state index in [2.05, 4.69) is 19.9 Å². The van der Waals surface area contributed by atoms with E-state index in [4.69, 9.17) is 4.74 Å². The highest BCUT2D eigenvalue weighted by Gasteiger charge is 2.59. The fourth-order valence-corrected chi connectivity index (χ4v) is 7.65. The Hall–Kier alpha value is -1.84. The van der Waals surface area contributed by atoms with E-state index in [9.17, 15) is 9.59 Å². The van der Waals surface area contributed by atoms with E-state index in [1.807, 2.05) is 30.4 Å². The number of allylic oxidation sites excluding steroid dienone is 3. The lowest BCUT2D eigenvalue weighted by Gasteiger charge is -2.57. The van der Waals surface area contributed by atoms with Crippen LogP contribution in [0.2, 0.25) is 0 Å². The molecule has 3 fully saturated rings. The molecule has 162 valence electrons. The van der Waals surface area contributed by atoms with Crippen molar-refractivity contribution in [1.82, 2.24) is 4.90 Å². The van der Waals surface area contributed by atoms with Gasteiger partial charge in [-0.2, -0.15) is 0 Å². The molecule has 0 aromatic rings. The van der Waals surface area contributed by atoms with Crippen molar-refractivity contribution < 1.29 is 14.3 Å². The normalized spacial score (nSPS) is 42.6. The summed E-state index contributed by atoms with van der Waals surface area (Å²) in [5.74, 6) is 2.24. The molecule has 0 aromatic carbocycles. The van der Waals surface area contributed by atoms with Gasteiger partial charge in [0.2, 0.25) is 0 Å². The highest BCUT2D eigenvalue weighted by Crippen LogP contribution is 2.65. The predicted molar refractivity (Wildman–Crippen MR) is 116 cm³/mol. The number of rotatable bonds is 2. The summed E-state index contributed by atoms with van der Waals surface area (Å²) in [6, 6.07) is 0. The number of esters is 1. The van der Waals surface area contributed by atoms with Crippen LogP contribution in [0.15, 0.2) is 35.7 Å². The van der Waals surface area contributed by atoms with Crippen molar-refractivity contribution in [2.24, 2.45) is 28.6 Å². The number of fused-ring (bicyclic) bond motifs is 5. The molecule has 0 saturated heterocycles. The molecule has 30 heavy (non-hydrogen) atoms. The van der Waals surface area contributed by atoms with Gasteiger partial charge >= 0.3 is 5.97 Å². The second kappa shape index (κ2) is 7.10. The third-order valence-corrected chi connectivity index (χ3v) is 9.40. The number of ether oxygens (including phenoxy) is 1. The molecule has 5 rings (SSSR count). The highest BCUT2D eigenvalue weighted by molar-refractivity contribution is 5.89. The molecule has 1 aliphatic heterocycles. The van der Waals surface area contributed by atoms with Crippen molar-refractivity contribution in [2.45, 2.75) is 77.7 Å². The molecule has 4 aliphatic carbocycles. The number of carbonyl (C=O) groups is 2. The molecule has 5 aliphatic rings. The molecule has 6 atom stereocenters. The minimum Gasteiger partial charge on any atom is -0.458 e. The Bertz CT molecular complexity index is 854. The monoisotopic (exact) mass is 409 g/mol. The lowest BCUT2D eigenvalue weighted by atomic mass is 9.48. The van der Waals surface area contributed by atoms with E-state index in [0.717, 1.165) is 44.1 Å². The first-order chi connectivity index (χ1) is 14.3. The third kappa shape index (κ3) is 3.01. The fourth-order valence-electron chi connectivity index (χ4n) is 7.65. The molecule has 1 heterocycles. The largest absolute Gasteiger partial charge is 0.458 e. The Morgan fingerprint density at radius 2 is 2.00 bits per heavy atom. The zero-order chi connectivity index (χ0) is 21.1. The zero-order valence-corrected chi connectivity index (χ0v) is 18.7. The van der Waals surface area contributed by atoms with Gasteiger partial charge in [0.15, 0.2) is 0 Å². The zero-order valence-electron chi connectivity index (χ0n) is 18.7. The van der Waals surface area contributed by atoms with Crippen LogP contribution in [0, 0.1) is 28.6 Å². The molecule has 4 nitrogen and oxygen atoms in total. The summed E-state index contributed by atoms with van der Waals surface area (Å²) >= 11 is 0. The van der Waals surface area contributed by atoms with Crippen LogP contribution in [-0.4, -0.2) is 29.8 Å². The van der Waals surface area contributed by atoms with Crippen molar-refractivity contribution in [3.8, 4) is 0 Å². The fraction of sp³-hybridized carbons (Fsp3) is 0.692. The van der Waals surface area contributed by atoms with Gasteiger partial charge in [-0.1, -0.05) is 31.6 Å². The van der Waals surface area contributed by atoms with Gasteiger partial charge in [-0.25, -0.2) is 4.79 Å². The molecule has 0 bridgehead atoms. The summed E-state index contributed by atoms with van der Waals surface area (Å²) in [6.07, 6.45) is 17.0. The van der Waals surface area contributed by atoms with E-state index in [1.165, 1.54) is 12.0 Å². The van der Waals surface area contributed by atoms with Crippen LogP contribution in [0.25, 0.3) is 0 Å². The SMILES string of the molecule is CN1C=CCC(C(=O)OC2CCC3C4CC=C5CC(=O)CCC5(C)C4CCC23C)=C1. The summed E-state index contributed by atoms with van der Waals surface area (Å²) in [6.45, 7) is 4.81. The minimum atomic E-state index is -0.135. The maximum Gasteiger partial charge on any atom is 0.336 e. The Kier molecular flexibility index (Phi) is 4.75. The maximum absolute atomic E-state index is 12.9. The standard InChI is InChI=1S/C26H35NO3/c1-25-12-10-19(28)15-18(25)6-7-20-21-8-9-23(26(21,2)13-11-22(20)25)30-24(29)17-5-4-14-27(3)16-17/h4,6,14,16,20-23H,5,7-13,15H2,1-3H3. The molecule has 0 spiro atoms. The molecule has 0 aromatic heterocycles. The number of hydrogen-bond acceptors (Lipinski definition) is 4. The van der Waals surface area contributed by atoms with Crippen LogP contribution in [0.5, 0.6) is 0 Å². The van der Waals surface area contributed by atoms with Gasteiger partial charge in [0.25, 0.3) is 0 Å². The lowest BCUT2D eigenvalue weighted by molar-refractivity contribution is -0.155. The molecule has 6 unspecified atom stereocenters. The van der Waals surface area contributed by atoms with Gasteiger partial charge in [0, 0.05) is 37.9 Å². The Balaban J connectivity index is 1.34. The minimum absolute atomic E-state index is 0.0270. The van der Waals surface area contributed by atoms with Crippen LogP contribution in [0.4, 0.5) is 0 Å². The Morgan fingerprint density at radius 3 is 2.80 bits per heavy atom. The van der Waals surface area contributed by atoms with Crippen LogP contribution in [0.1, 0.15) is 71.6 Å². The highest BCUT2D eigenvalue weighted by atomic mass is 16.5. The quantitative estimate of drug-likeness (QED) is 0.467. The summed E-state index contributed by atoms with van der Waals surface area (Å²) in [4.78, 5) is 26.8. The van der Waals surface area contributed by atoms with Gasteiger partial charge in [0.05, 0.1) is 5.57 Å². The molecule has 4 heteroatoms. The number of carbonyl (C=O) groups excluding carboxylic acids is 2. The van der Waals surface area contributed by atoms with Gasteiger partial charge in [-0.05, 0) is 67.9 Å².